The van der Waals surface area contributed by atoms with Crippen LogP contribution in [-0.4, -0.2) is 23.5 Å². The smallest absolute Gasteiger partial charge is 0.412 e. The molecule has 0 fully saturated rings. The molecule has 0 saturated carbocycles. The van der Waals surface area contributed by atoms with E-state index in [9.17, 15) is 14.4 Å². The zero-order valence-corrected chi connectivity index (χ0v) is 18.3. The van der Waals surface area contributed by atoms with E-state index in [0.717, 1.165) is 5.56 Å². The fourth-order valence-corrected chi connectivity index (χ4v) is 2.48. The Kier molecular flexibility index (Phi) is 7.21. The number of ether oxygens (including phenoxy) is 1. The van der Waals surface area contributed by atoms with Crippen LogP contribution in [-0.2, 0) is 9.53 Å². The summed E-state index contributed by atoms with van der Waals surface area (Å²) in [5.41, 5.74) is 2.26. The van der Waals surface area contributed by atoms with Gasteiger partial charge in [0.15, 0.2) is 0 Å². The molecule has 2 rings (SSSR count). The Morgan fingerprint density at radius 2 is 1.57 bits per heavy atom. The average molecular weight is 412 g/mol. The van der Waals surface area contributed by atoms with Gasteiger partial charge >= 0.3 is 6.09 Å². The molecule has 0 aliphatic rings. The molecule has 7 nitrogen and oxygen atoms in total. The highest BCUT2D eigenvalue weighted by Crippen LogP contribution is 2.22. The van der Waals surface area contributed by atoms with Crippen LogP contribution in [0.5, 0.6) is 0 Å². The van der Waals surface area contributed by atoms with Crippen molar-refractivity contribution in [2.24, 2.45) is 5.92 Å². The Morgan fingerprint density at radius 3 is 2.20 bits per heavy atom. The van der Waals surface area contributed by atoms with Crippen LogP contribution in [0.4, 0.5) is 21.9 Å². The minimum absolute atomic E-state index is 0.1000. The SMILES string of the molecule is Cc1ccc(NC(=O)C(C)C)cc1NC(=O)c1cccc(NC(=O)OC(C)(C)C)c1. The number of rotatable bonds is 5. The molecule has 160 valence electrons. The van der Waals surface area contributed by atoms with Crippen LogP contribution in [0.15, 0.2) is 42.5 Å². The van der Waals surface area contributed by atoms with Crippen LogP contribution in [0.3, 0.4) is 0 Å². The second-order valence-electron chi connectivity index (χ2n) is 8.34. The van der Waals surface area contributed by atoms with Crippen LogP contribution in [0, 0.1) is 12.8 Å². The Labute approximate surface area is 177 Å². The Bertz CT molecular complexity index is 946. The highest BCUT2D eigenvalue weighted by Gasteiger charge is 2.17. The van der Waals surface area contributed by atoms with Gasteiger partial charge < -0.3 is 15.4 Å². The summed E-state index contributed by atoms with van der Waals surface area (Å²) >= 11 is 0. The van der Waals surface area contributed by atoms with Crippen molar-refractivity contribution in [3.63, 3.8) is 0 Å². The van der Waals surface area contributed by atoms with E-state index in [0.29, 0.717) is 22.6 Å². The molecule has 0 aromatic heterocycles. The van der Waals surface area contributed by atoms with Crippen molar-refractivity contribution in [2.45, 2.75) is 47.1 Å². The maximum absolute atomic E-state index is 12.7. The minimum Gasteiger partial charge on any atom is -0.444 e. The predicted octanol–water partition coefficient (Wildman–Crippen LogP) is 5.19. The molecule has 2 aromatic carbocycles. The van der Waals surface area contributed by atoms with E-state index >= 15 is 0 Å². The molecule has 0 saturated heterocycles. The number of benzene rings is 2. The zero-order chi connectivity index (χ0) is 22.5. The second kappa shape index (κ2) is 9.43. The summed E-state index contributed by atoms with van der Waals surface area (Å²) < 4.78 is 5.23. The third-order valence-corrected chi connectivity index (χ3v) is 4.05. The van der Waals surface area contributed by atoms with Gasteiger partial charge in [0, 0.05) is 28.5 Å². The van der Waals surface area contributed by atoms with Crippen LogP contribution >= 0.6 is 0 Å². The highest BCUT2D eigenvalue weighted by atomic mass is 16.6. The first-order chi connectivity index (χ1) is 13.9. The number of amides is 3. The molecular weight excluding hydrogens is 382 g/mol. The molecule has 0 atom stereocenters. The molecule has 2 aromatic rings. The fraction of sp³-hybridized carbons (Fsp3) is 0.348. The summed E-state index contributed by atoms with van der Waals surface area (Å²) in [6, 6.07) is 11.9. The quantitative estimate of drug-likeness (QED) is 0.631. The van der Waals surface area contributed by atoms with Gasteiger partial charge in [-0.1, -0.05) is 26.0 Å². The Balaban J connectivity index is 2.13. The van der Waals surface area contributed by atoms with E-state index in [1.807, 2.05) is 26.8 Å². The van der Waals surface area contributed by atoms with Crippen molar-refractivity contribution >= 4 is 35.0 Å². The largest absolute Gasteiger partial charge is 0.444 e. The molecule has 0 heterocycles. The number of aryl methyl sites for hydroxylation is 1. The number of carbonyl (C=O) groups excluding carboxylic acids is 3. The van der Waals surface area contributed by atoms with Crippen LogP contribution < -0.4 is 16.0 Å². The molecule has 0 radical (unpaired) electrons. The number of hydrogen-bond acceptors (Lipinski definition) is 4. The van der Waals surface area contributed by atoms with E-state index in [4.69, 9.17) is 4.74 Å². The molecule has 3 amide bonds. The molecule has 0 unspecified atom stereocenters. The van der Waals surface area contributed by atoms with Crippen LogP contribution in [0.1, 0.15) is 50.5 Å². The summed E-state index contributed by atoms with van der Waals surface area (Å²) in [4.78, 5) is 36.6. The standard InChI is InChI=1S/C23H29N3O4/c1-14(2)20(27)24-18-11-10-15(3)19(13-18)26-21(28)16-8-7-9-17(12-16)25-22(29)30-23(4,5)6/h7-14H,1-6H3,(H,24,27)(H,25,29)(H,26,28). The fourth-order valence-electron chi connectivity index (χ4n) is 2.48. The van der Waals surface area contributed by atoms with E-state index in [-0.39, 0.29) is 17.7 Å². The molecule has 0 spiro atoms. The summed E-state index contributed by atoms with van der Waals surface area (Å²) in [6.07, 6.45) is -0.593. The summed E-state index contributed by atoms with van der Waals surface area (Å²) in [5, 5.41) is 8.30. The Morgan fingerprint density at radius 1 is 0.900 bits per heavy atom. The maximum Gasteiger partial charge on any atom is 0.412 e. The predicted molar refractivity (Wildman–Crippen MR) is 119 cm³/mol. The zero-order valence-electron chi connectivity index (χ0n) is 18.3. The number of hydrogen-bond donors (Lipinski definition) is 3. The first-order valence-electron chi connectivity index (χ1n) is 9.77. The first kappa shape index (κ1) is 22.9. The lowest BCUT2D eigenvalue weighted by Gasteiger charge is -2.19. The van der Waals surface area contributed by atoms with Gasteiger partial charge in [-0.2, -0.15) is 0 Å². The van der Waals surface area contributed by atoms with Crippen molar-refractivity contribution in [3.8, 4) is 0 Å². The average Bonchev–Trinajstić information content (AvgIpc) is 2.62. The van der Waals surface area contributed by atoms with Gasteiger partial charge in [0.05, 0.1) is 0 Å². The van der Waals surface area contributed by atoms with Crippen molar-refractivity contribution in [3.05, 3.63) is 53.6 Å². The van der Waals surface area contributed by atoms with Crippen molar-refractivity contribution in [1.29, 1.82) is 0 Å². The van der Waals surface area contributed by atoms with Crippen molar-refractivity contribution in [1.82, 2.24) is 0 Å². The van der Waals surface area contributed by atoms with E-state index in [2.05, 4.69) is 16.0 Å². The van der Waals surface area contributed by atoms with Crippen LogP contribution in [0.25, 0.3) is 0 Å². The summed E-state index contributed by atoms with van der Waals surface area (Å²) in [5.74, 6) is -0.583. The molecular formula is C23H29N3O4. The topological polar surface area (TPSA) is 96.5 Å². The van der Waals surface area contributed by atoms with E-state index in [1.165, 1.54) is 0 Å². The molecule has 7 heteroatoms. The number of carbonyl (C=O) groups is 3. The first-order valence-corrected chi connectivity index (χ1v) is 9.77. The van der Waals surface area contributed by atoms with Crippen molar-refractivity contribution in [2.75, 3.05) is 16.0 Å². The lowest BCUT2D eigenvalue weighted by atomic mass is 10.1. The highest BCUT2D eigenvalue weighted by molar-refractivity contribution is 6.06. The van der Waals surface area contributed by atoms with Crippen molar-refractivity contribution < 1.29 is 19.1 Å². The second-order valence-corrected chi connectivity index (χ2v) is 8.34. The molecule has 0 aliphatic carbocycles. The normalized spacial score (nSPS) is 11.0. The minimum atomic E-state index is -0.618. The summed E-state index contributed by atoms with van der Waals surface area (Å²) in [7, 11) is 0. The molecule has 3 N–H and O–H groups in total. The monoisotopic (exact) mass is 411 g/mol. The third-order valence-electron chi connectivity index (χ3n) is 4.05. The van der Waals surface area contributed by atoms with Gasteiger partial charge in [0.2, 0.25) is 5.91 Å². The lowest BCUT2D eigenvalue weighted by molar-refractivity contribution is -0.118. The van der Waals surface area contributed by atoms with Gasteiger partial charge in [-0.25, -0.2) is 4.79 Å². The molecule has 30 heavy (non-hydrogen) atoms. The Hall–Kier alpha value is -3.35. The maximum atomic E-state index is 12.7. The van der Waals surface area contributed by atoms with Gasteiger partial charge in [-0.3, -0.25) is 14.9 Å². The van der Waals surface area contributed by atoms with Crippen LogP contribution in [0.2, 0.25) is 0 Å². The lowest BCUT2D eigenvalue weighted by Crippen LogP contribution is -2.27. The van der Waals surface area contributed by atoms with Gasteiger partial charge in [0.25, 0.3) is 5.91 Å². The number of nitrogens with one attached hydrogen (secondary N) is 3. The molecule has 0 aliphatic heterocycles. The van der Waals surface area contributed by atoms with E-state index in [1.54, 1.807) is 57.2 Å². The summed E-state index contributed by atoms with van der Waals surface area (Å²) in [6.45, 7) is 10.8. The van der Waals surface area contributed by atoms with Gasteiger partial charge in [-0.15, -0.1) is 0 Å². The molecule has 0 bridgehead atoms. The number of anilines is 3. The van der Waals surface area contributed by atoms with Gasteiger partial charge in [0.1, 0.15) is 5.60 Å². The third kappa shape index (κ3) is 6.92. The van der Waals surface area contributed by atoms with Gasteiger partial charge in [-0.05, 0) is 63.6 Å². The van der Waals surface area contributed by atoms with E-state index < -0.39 is 11.7 Å².